The van der Waals surface area contributed by atoms with Crippen LogP contribution in [0.15, 0.2) is 27.7 Å². The van der Waals surface area contributed by atoms with Crippen LogP contribution in [-0.2, 0) is 0 Å². The third-order valence-electron chi connectivity index (χ3n) is 4.18. The maximum Gasteiger partial charge on any atom is 0.191 e. The molecule has 0 spiro atoms. The molecule has 0 fully saturated rings. The molecule has 0 amide bonds. The number of rotatable bonds is 5. The van der Waals surface area contributed by atoms with E-state index in [1.165, 1.54) is 0 Å². The molecule has 0 saturated heterocycles. The fraction of sp³-hybridized carbons (Fsp3) is 0.444. The first-order chi connectivity index (χ1) is 11.8. The zero-order valence-electron chi connectivity index (χ0n) is 15.2. The van der Waals surface area contributed by atoms with E-state index in [9.17, 15) is 0 Å². The van der Waals surface area contributed by atoms with Crippen molar-refractivity contribution in [2.75, 3.05) is 13.6 Å². The van der Waals surface area contributed by atoms with Gasteiger partial charge in [-0.2, -0.15) is 0 Å². The minimum atomic E-state index is 0.0373. The van der Waals surface area contributed by atoms with E-state index in [4.69, 9.17) is 27.7 Å². The molecule has 2 rings (SSSR count). The molecule has 2 unspecified atom stereocenters. The van der Waals surface area contributed by atoms with Crippen LogP contribution in [0.2, 0.25) is 10.0 Å². The molecule has 2 atom stereocenters. The highest BCUT2D eigenvalue weighted by Gasteiger charge is 2.17. The standard InChI is InChI=1S/C18H24Cl2N4O/c1-10(17-12(3)24-25-13(17)4)9-22-18(21-5)23-11(2)14-6-7-15(19)16(20)8-14/h6-8,10-11H,9H2,1-5H3,(H2,21,22,23). The number of aliphatic imine (C=N–C) groups is 1. The Hall–Kier alpha value is -1.72. The van der Waals surface area contributed by atoms with E-state index in [2.05, 4.69) is 27.7 Å². The molecule has 0 saturated carbocycles. The van der Waals surface area contributed by atoms with Gasteiger partial charge in [-0.15, -0.1) is 0 Å². The fourth-order valence-corrected chi connectivity index (χ4v) is 3.12. The number of hydrogen-bond acceptors (Lipinski definition) is 3. The summed E-state index contributed by atoms with van der Waals surface area (Å²) in [6, 6.07) is 5.65. The predicted molar refractivity (Wildman–Crippen MR) is 104 cm³/mol. The van der Waals surface area contributed by atoms with Gasteiger partial charge >= 0.3 is 0 Å². The van der Waals surface area contributed by atoms with Gasteiger partial charge < -0.3 is 15.2 Å². The number of halogens is 2. The molecule has 2 N–H and O–H groups in total. The summed E-state index contributed by atoms with van der Waals surface area (Å²) in [6.45, 7) is 8.79. The van der Waals surface area contributed by atoms with Crippen LogP contribution in [0, 0.1) is 13.8 Å². The SMILES string of the molecule is CN=C(NCC(C)c1c(C)noc1C)NC(C)c1ccc(Cl)c(Cl)c1. The molecule has 1 heterocycles. The summed E-state index contributed by atoms with van der Waals surface area (Å²) >= 11 is 12.1. The third-order valence-corrected chi connectivity index (χ3v) is 4.92. The van der Waals surface area contributed by atoms with Crippen LogP contribution in [0.3, 0.4) is 0 Å². The molecular formula is C18H24Cl2N4O. The van der Waals surface area contributed by atoms with E-state index >= 15 is 0 Å². The second kappa shape index (κ2) is 8.59. The van der Waals surface area contributed by atoms with Crippen molar-refractivity contribution >= 4 is 29.2 Å². The van der Waals surface area contributed by atoms with Crippen LogP contribution in [0.25, 0.3) is 0 Å². The van der Waals surface area contributed by atoms with Crippen LogP contribution in [0.4, 0.5) is 0 Å². The molecule has 25 heavy (non-hydrogen) atoms. The topological polar surface area (TPSA) is 62.5 Å². The average Bonchev–Trinajstić information content (AvgIpc) is 2.92. The number of guanidine groups is 1. The van der Waals surface area contributed by atoms with Crippen LogP contribution in [-0.4, -0.2) is 24.7 Å². The van der Waals surface area contributed by atoms with E-state index < -0.39 is 0 Å². The fourth-order valence-electron chi connectivity index (χ4n) is 2.81. The average molecular weight is 383 g/mol. The van der Waals surface area contributed by atoms with E-state index in [0.29, 0.717) is 10.0 Å². The lowest BCUT2D eigenvalue weighted by atomic mass is 10.00. The van der Waals surface area contributed by atoms with E-state index in [1.807, 2.05) is 32.9 Å². The van der Waals surface area contributed by atoms with Crippen molar-refractivity contribution < 1.29 is 4.52 Å². The third kappa shape index (κ3) is 4.89. The van der Waals surface area contributed by atoms with Crippen molar-refractivity contribution in [3.05, 3.63) is 50.8 Å². The van der Waals surface area contributed by atoms with Crippen LogP contribution in [0.1, 0.15) is 48.4 Å². The van der Waals surface area contributed by atoms with Gasteiger partial charge in [0.05, 0.1) is 21.8 Å². The second-order valence-electron chi connectivity index (χ2n) is 6.13. The van der Waals surface area contributed by atoms with Crippen molar-refractivity contribution in [2.24, 2.45) is 4.99 Å². The lowest BCUT2D eigenvalue weighted by Gasteiger charge is -2.20. The summed E-state index contributed by atoms with van der Waals surface area (Å²) in [7, 11) is 1.75. The van der Waals surface area contributed by atoms with Crippen LogP contribution >= 0.6 is 23.2 Å². The monoisotopic (exact) mass is 382 g/mol. The summed E-state index contributed by atoms with van der Waals surface area (Å²) < 4.78 is 5.25. The highest BCUT2D eigenvalue weighted by atomic mass is 35.5. The number of aryl methyl sites for hydroxylation is 2. The van der Waals surface area contributed by atoms with Gasteiger partial charge in [0.25, 0.3) is 0 Å². The van der Waals surface area contributed by atoms with Crippen molar-refractivity contribution in [1.29, 1.82) is 0 Å². The first-order valence-corrected chi connectivity index (χ1v) is 8.94. The second-order valence-corrected chi connectivity index (χ2v) is 6.95. The van der Waals surface area contributed by atoms with Crippen LogP contribution < -0.4 is 10.6 Å². The predicted octanol–water partition coefficient (Wildman–Crippen LogP) is 4.63. The molecule has 0 aliphatic rings. The van der Waals surface area contributed by atoms with E-state index in [1.54, 1.807) is 13.1 Å². The maximum absolute atomic E-state index is 6.10. The summed E-state index contributed by atoms with van der Waals surface area (Å²) in [5, 5.41) is 11.8. The molecular weight excluding hydrogens is 359 g/mol. The molecule has 1 aromatic carbocycles. The quantitative estimate of drug-likeness (QED) is 0.584. The Morgan fingerprint density at radius 1 is 1.24 bits per heavy atom. The molecule has 7 heteroatoms. The molecule has 0 radical (unpaired) electrons. The van der Waals surface area contributed by atoms with Gasteiger partial charge in [-0.3, -0.25) is 4.99 Å². The largest absolute Gasteiger partial charge is 0.361 e. The Morgan fingerprint density at radius 3 is 2.52 bits per heavy atom. The maximum atomic E-state index is 6.10. The van der Waals surface area contributed by atoms with Gasteiger partial charge in [-0.25, -0.2) is 0 Å². The number of aromatic nitrogens is 1. The normalized spacial score (nSPS) is 14.3. The molecule has 0 aliphatic carbocycles. The lowest BCUT2D eigenvalue weighted by molar-refractivity contribution is 0.391. The van der Waals surface area contributed by atoms with Gasteiger partial charge in [0.15, 0.2) is 5.96 Å². The Kier molecular flexibility index (Phi) is 6.73. The van der Waals surface area contributed by atoms with Gasteiger partial charge in [0.2, 0.25) is 0 Å². The van der Waals surface area contributed by atoms with E-state index in [0.717, 1.165) is 35.1 Å². The first kappa shape index (κ1) is 19.6. The smallest absolute Gasteiger partial charge is 0.191 e. The summed E-state index contributed by atoms with van der Waals surface area (Å²) in [4.78, 5) is 4.29. The first-order valence-electron chi connectivity index (χ1n) is 8.18. The highest BCUT2D eigenvalue weighted by Crippen LogP contribution is 2.25. The van der Waals surface area contributed by atoms with Gasteiger partial charge in [-0.05, 0) is 38.5 Å². The Balaban J connectivity index is 1.97. The highest BCUT2D eigenvalue weighted by molar-refractivity contribution is 6.42. The molecule has 5 nitrogen and oxygen atoms in total. The van der Waals surface area contributed by atoms with Crippen molar-refractivity contribution in [1.82, 2.24) is 15.8 Å². The number of hydrogen-bond donors (Lipinski definition) is 2. The molecule has 2 aromatic rings. The van der Waals surface area contributed by atoms with Gasteiger partial charge in [-0.1, -0.05) is 41.3 Å². The summed E-state index contributed by atoms with van der Waals surface area (Å²) in [5.74, 6) is 1.83. The Bertz CT molecular complexity index is 738. The number of benzene rings is 1. The van der Waals surface area contributed by atoms with Gasteiger partial charge in [0.1, 0.15) is 5.76 Å². The number of nitrogens with one attached hydrogen (secondary N) is 2. The minimum absolute atomic E-state index is 0.0373. The lowest BCUT2D eigenvalue weighted by Crippen LogP contribution is -2.40. The van der Waals surface area contributed by atoms with Crippen molar-refractivity contribution in [3.63, 3.8) is 0 Å². The van der Waals surface area contributed by atoms with Crippen molar-refractivity contribution in [2.45, 2.75) is 39.7 Å². The Morgan fingerprint density at radius 2 is 1.96 bits per heavy atom. The van der Waals surface area contributed by atoms with E-state index in [-0.39, 0.29) is 12.0 Å². The summed E-state index contributed by atoms with van der Waals surface area (Å²) in [6.07, 6.45) is 0. The van der Waals surface area contributed by atoms with Crippen molar-refractivity contribution in [3.8, 4) is 0 Å². The number of nitrogens with zero attached hydrogens (tertiary/aromatic N) is 2. The van der Waals surface area contributed by atoms with Gasteiger partial charge in [0, 0.05) is 25.1 Å². The molecule has 1 aromatic heterocycles. The molecule has 136 valence electrons. The molecule has 0 aliphatic heterocycles. The molecule has 0 bridgehead atoms. The minimum Gasteiger partial charge on any atom is -0.361 e. The summed E-state index contributed by atoms with van der Waals surface area (Å²) in [5.41, 5.74) is 3.11. The zero-order valence-corrected chi connectivity index (χ0v) is 16.7. The Labute approximate surface area is 158 Å². The van der Waals surface area contributed by atoms with Crippen LogP contribution in [0.5, 0.6) is 0 Å². The zero-order chi connectivity index (χ0) is 18.6.